The number of fused-ring (bicyclic) bond motifs is 1. The van der Waals surface area contributed by atoms with Gasteiger partial charge in [-0.1, -0.05) is 54.6 Å². The summed E-state index contributed by atoms with van der Waals surface area (Å²) in [6.45, 7) is 0.238. The Balaban J connectivity index is 1.50. The molecule has 0 saturated heterocycles. The summed E-state index contributed by atoms with van der Waals surface area (Å²) < 4.78 is 22.8. The first kappa shape index (κ1) is 23.3. The summed E-state index contributed by atoms with van der Waals surface area (Å²) in [5, 5.41) is 7.93. The van der Waals surface area contributed by atoms with Crippen LogP contribution in [0, 0.1) is 0 Å². The standard InChI is InChI=1S/C25H23N3O5S/c26-34(32,33)19-12-10-17(11-13-19)14-15-27-23(29)22(16-18-6-2-1-3-7-18)28-24(30)20-8-4-5-9-21(20)25(28)31/h1-13,22H,14-16H2,(H,27,29)(H2,26,32,33)/t22-/m1/s1. The van der Waals surface area contributed by atoms with Crippen molar-refractivity contribution in [2.24, 2.45) is 5.14 Å². The Bertz CT molecular complexity index is 1300. The van der Waals surface area contributed by atoms with Crippen LogP contribution in [0.25, 0.3) is 0 Å². The fourth-order valence-electron chi connectivity index (χ4n) is 3.92. The van der Waals surface area contributed by atoms with Crippen LogP contribution in [0.4, 0.5) is 0 Å². The molecule has 1 aliphatic heterocycles. The second-order valence-corrected chi connectivity index (χ2v) is 9.52. The highest BCUT2D eigenvalue weighted by Crippen LogP contribution is 2.26. The van der Waals surface area contributed by atoms with E-state index in [9.17, 15) is 22.8 Å². The molecule has 9 heteroatoms. The van der Waals surface area contributed by atoms with Crippen LogP contribution in [0.3, 0.4) is 0 Å². The number of benzene rings is 3. The molecule has 0 spiro atoms. The summed E-state index contributed by atoms with van der Waals surface area (Å²) in [5.74, 6) is -1.43. The molecule has 4 rings (SSSR count). The van der Waals surface area contributed by atoms with Crippen LogP contribution in [0.2, 0.25) is 0 Å². The first-order valence-corrected chi connectivity index (χ1v) is 12.2. The molecule has 1 heterocycles. The molecule has 0 fully saturated rings. The van der Waals surface area contributed by atoms with Crippen LogP contribution in [0.1, 0.15) is 31.8 Å². The maximum atomic E-state index is 13.2. The Morgan fingerprint density at radius 1 is 0.824 bits per heavy atom. The third-order valence-corrected chi connectivity index (χ3v) is 6.61. The van der Waals surface area contributed by atoms with Crippen molar-refractivity contribution >= 4 is 27.7 Å². The summed E-state index contributed by atoms with van der Waals surface area (Å²) in [6, 6.07) is 20.8. The summed E-state index contributed by atoms with van der Waals surface area (Å²) in [4.78, 5) is 40.3. The number of nitrogens with zero attached hydrogens (tertiary/aromatic N) is 1. The maximum Gasteiger partial charge on any atom is 0.262 e. The van der Waals surface area contributed by atoms with Gasteiger partial charge in [0.05, 0.1) is 16.0 Å². The first-order valence-electron chi connectivity index (χ1n) is 10.7. The molecule has 0 radical (unpaired) electrons. The van der Waals surface area contributed by atoms with Gasteiger partial charge in [-0.2, -0.15) is 0 Å². The number of imide groups is 1. The Kier molecular flexibility index (Phi) is 6.58. The lowest BCUT2D eigenvalue weighted by Gasteiger charge is -2.25. The average molecular weight is 478 g/mol. The second kappa shape index (κ2) is 9.58. The van der Waals surface area contributed by atoms with Crippen LogP contribution in [-0.2, 0) is 27.7 Å². The number of primary sulfonamides is 1. The van der Waals surface area contributed by atoms with Gasteiger partial charge < -0.3 is 5.32 Å². The summed E-state index contributed by atoms with van der Waals surface area (Å²) in [7, 11) is -3.78. The number of hydrogen-bond donors (Lipinski definition) is 2. The molecule has 0 bridgehead atoms. The van der Waals surface area contributed by atoms with E-state index in [1.54, 1.807) is 36.4 Å². The quantitative estimate of drug-likeness (QED) is 0.479. The molecular formula is C25H23N3O5S. The van der Waals surface area contributed by atoms with Crippen molar-refractivity contribution in [2.45, 2.75) is 23.8 Å². The van der Waals surface area contributed by atoms with Crippen LogP contribution >= 0.6 is 0 Å². The van der Waals surface area contributed by atoms with E-state index in [0.29, 0.717) is 6.42 Å². The minimum atomic E-state index is -3.78. The topological polar surface area (TPSA) is 127 Å². The molecule has 1 atom stereocenters. The second-order valence-electron chi connectivity index (χ2n) is 7.96. The molecule has 3 aromatic carbocycles. The Morgan fingerprint density at radius 3 is 1.94 bits per heavy atom. The van der Waals surface area contributed by atoms with Gasteiger partial charge in [0.15, 0.2) is 0 Å². The minimum Gasteiger partial charge on any atom is -0.354 e. The molecular weight excluding hydrogens is 454 g/mol. The fourth-order valence-corrected chi connectivity index (χ4v) is 4.44. The van der Waals surface area contributed by atoms with Crippen molar-refractivity contribution < 1.29 is 22.8 Å². The number of rotatable bonds is 8. The van der Waals surface area contributed by atoms with Crippen LogP contribution < -0.4 is 10.5 Å². The number of sulfonamides is 1. The lowest BCUT2D eigenvalue weighted by molar-refractivity contribution is -0.125. The largest absolute Gasteiger partial charge is 0.354 e. The molecule has 0 aromatic heterocycles. The minimum absolute atomic E-state index is 0.00818. The first-order chi connectivity index (χ1) is 16.3. The van der Waals surface area contributed by atoms with Crippen molar-refractivity contribution in [1.29, 1.82) is 0 Å². The van der Waals surface area contributed by atoms with E-state index in [2.05, 4.69) is 5.32 Å². The van der Waals surface area contributed by atoms with E-state index in [4.69, 9.17) is 5.14 Å². The average Bonchev–Trinajstić information content (AvgIpc) is 3.08. The van der Waals surface area contributed by atoms with Crippen molar-refractivity contribution in [1.82, 2.24) is 10.2 Å². The fraction of sp³-hybridized carbons (Fsp3) is 0.160. The van der Waals surface area contributed by atoms with Gasteiger partial charge in [0, 0.05) is 13.0 Å². The molecule has 174 valence electrons. The highest BCUT2D eigenvalue weighted by atomic mass is 32.2. The van der Waals surface area contributed by atoms with Gasteiger partial charge >= 0.3 is 0 Å². The molecule has 0 unspecified atom stereocenters. The summed E-state index contributed by atoms with van der Waals surface area (Å²) in [6.07, 6.45) is 0.609. The van der Waals surface area contributed by atoms with Gasteiger partial charge in [-0.15, -0.1) is 0 Å². The SMILES string of the molecule is NS(=O)(=O)c1ccc(CCNC(=O)[C@@H](Cc2ccccc2)N2C(=O)c3ccccc3C2=O)cc1. The van der Waals surface area contributed by atoms with Gasteiger partial charge in [-0.3, -0.25) is 19.3 Å². The molecule has 34 heavy (non-hydrogen) atoms. The number of amides is 3. The normalized spacial score (nSPS) is 14.1. The number of carbonyl (C=O) groups is 3. The predicted octanol–water partition coefficient (Wildman–Crippen LogP) is 1.90. The lowest BCUT2D eigenvalue weighted by atomic mass is 10.0. The third-order valence-electron chi connectivity index (χ3n) is 5.68. The van der Waals surface area contributed by atoms with E-state index in [1.807, 2.05) is 30.3 Å². The molecule has 0 aliphatic carbocycles. The van der Waals surface area contributed by atoms with E-state index in [0.717, 1.165) is 16.0 Å². The summed E-state index contributed by atoms with van der Waals surface area (Å²) >= 11 is 0. The number of nitrogens with two attached hydrogens (primary N) is 1. The zero-order valence-corrected chi connectivity index (χ0v) is 19.0. The smallest absolute Gasteiger partial charge is 0.262 e. The number of hydrogen-bond acceptors (Lipinski definition) is 5. The highest BCUT2D eigenvalue weighted by Gasteiger charge is 2.42. The van der Waals surface area contributed by atoms with Crippen LogP contribution in [-0.4, -0.2) is 43.6 Å². The van der Waals surface area contributed by atoms with Crippen molar-refractivity contribution in [3.8, 4) is 0 Å². The zero-order valence-electron chi connectivity index (χ0n) is 18.2. The van der Waals surface area contributed by atoms with E-state index < -0.39 is 33.8 Å². The number of carbonyl (C=O) groups excluding carboxylic acids is 3. The predicted molar refractivity (Wildman–Crippen MR) is 125 cm³/mol. The van der Waals surface area contributed by atoms with Crippen LogP contribution in [0.5, 0.6) is 0 Å². The van der Waals surface area contributed by atoms with Crippen molar-refractivity contribution in [3.05, 3.63) is 101 Å². The van der Waals surface area contributed by atoms with E-state index in [1.165, 1.54) is 12.1 Å². The van der Waals surface area contributed by atoms with Gasteiger partial charge in [-0.25, -0.2) is 13.6 Å². The van der Waals surface area contributed by atoms with Gasteiger partial charge in [-0.05, 0) is 41.8 Å². The van der Waals surface area contributed by atoms with Crippen molar-refractivity contribution in [3.63, 3.8) is 0 Å². The van der Waals surface area contributed by atoms with Gasteiger partial charge in [0.2, 0.25) is 15.9 Å². The molecule has 3 amide bonds. The molecule has 0 saturated carbocycles. The highest BCUT2D eigenvalue weighted by molar-refractivity contribution is 7.89. The Hall–Kier alpha value is -3.82. The van der Waals surface area contributed by atoms with Crippen molar-refractivity contribution in [2.75, 3.05) is 6.54 Å². The van der Waals surface area contributed by atoms with E-state index >= 15 is 0 Å². The third kappa shape index (κ3) is 4.90. The van der Waals surface area contributed by atoms with Gasteiger partial charge in [0.25, 0.3) is 11.8 Å². The number of nitrogens with one attached hydrogen (secondary N) is 1. The van der Waals surface area contributed by atoms with E-state index in [-0.39, 0.29) is 29.0 Å². The molecule has 8 nitrogen and oxygen atoms in total. The molecule has 3 aromatic rings. The Morgan fingerprint density at radius 2 is 1.38 bits per heavy atom. The molecule has 3 N–H and O–H groups in total. The van der Waals surface area contributed by atoms with Gasteiger partial charge in [0.1, 0.15) is 6.04 Å². The Labute approximate surface area is 197 Å². The maximum absolute atomic E-state index is 13.2. The molecule has 1 aliphatic rings. The lowest BCUT2D eigenvalue weighted by Crippen LogP contribution is -2.51. The van der Waals surface area contributed by atoms with Crippen LogP contribution in [0.15, 0.2) is 83.8 Å². The monoisotopic (exact) mass is 477 g/mol. The zero-order chi connectivity index (χ0) is 24.3. The summed E-state index contributed by atoms with van der Waals surface area (Å²) in [5.41, 5.74) is 2.19.